The van der Waals surface area contributed by atoms with Gasteiger partial charge < -0.3 is 15.3 Å². The van der Waals surface area contributed by atoms with Crippen LogP contribution >= 0.6 is 0 Å². The summed E-state index contributed by atoms with van der Waals surface area (Å²) >= 11 is 0. The minimum absolute atomic E-state index is 0.125. The summed E-state index contributed by atoms with van der Waals surface area (Å²) in [7, 11) is 0. The fourth-order valence-electron chi connectivity index (χ4n) is 1.56. The maximum Gasteiger partial charge on any atom is 0.323 e. The molecule has 19 heavy (non-hydrogen) atoms. The average molecular weight is 265 g/mol. The molecule has 0 aliphatic rings. The zero-order valence-electron chi connectivity index (χ0n) is 11.2. The minimum Gasteiger partial charge on any atom is -0.480 e. The number of carbonyl (C=O) groups excluding carboxylic acids is 1. The van der Waals surface area contributed by atoms with Crippen LogP contribution in [-0.2, 0) is 11.3 Å². The first kappa shape index (κ1) is 14.9. The summed E-state index contributed by atoms with van der Waals surface area (Å²) in [6, 6.07) is 4.91. The highest BCUT2D eigenvalue weighted by atomic mass is 16.4. The van der Waals surface area contributed by atoms with Crippen LogP contribution in [0.3, 0.4) is 0 Å². The van der Waals surface area contributed by atoms with Crippen LogP contribution in [0, 0.1) is 0 Å². The van der Waals surface area contributed by atoms with Crippen molar-refractivity contribution in [2.24, 2.45) is 0 Å². The second-order valence-electron chi connectivity index (χ2n) is 4.26. The Bertz CT molecular complexity index is 422. The van der Waals surface area contributed by atoms with E-state index in [1.807, 2.05) is 19.9 Å². The smallest absolute Gasteiger partial charge is 0.323 e. The summed E-state index contributed by atoms with van der Waals surface area (Å²) in [5.41, 5.74) is 0.732. The predicted octanol–water partition coefficient (Wildman–Crippen LogP) is 1.48. The Hall–Kier alpha value is -2.11. The number of hydrogen-bond acceptors (Lipinski definition) is 3. The summed E-state index contributed by atoms with van der Waals surface area (Å²) in [6.07, 6.45) is 2.34. The number of carboxylic acids is 1. The first-order chi connectivity index (χ1) is 9.04. The number of urea groups is 1. The van der Waals surface area contributed by atoms with Gasteiger partial charge >= 0.3 is 12.0 Å². The molecule has 2 amide bonds. The summed E-state index contributed by atoms with van der Waals surface area (Å²) in [6.45, 7) is 3.71. The van der Waals surface area contributed by atoms with Crippen LogP contribution in [0.1, 0.15) is 26.0 Å². The molecule has 1 aromatic rings. The van der Waals surface area contributed by atoms with Crippen molar-refractivity contribution in [3.63, 3.8) is 0 Å². The van der Waals surface area contributed by atoms with Crippen molar-refractivity contribution in [2.45, 2.75) is 32.9 Å². The fraction of sp³-hybridized carbons (Fsp3) is 0.462. The van der Waals surface area contributed by atoms with E-state index < -0.39 is 5.97 Å². The van der Waals surface area contributed by atoms with Gasteiger partial charge in [0.05, 0.1) is 12.2 Å². The number of pyridine rings is 1. The molecule has 0 saturated carbocycles. The topological polar surface area (TPSA) is 82.5 Å². The van der Waals surface area contributed by atoms with Crippen LogP contribution in [0.4, 0.5) is 4.79 Å². The molecule has 2 N–H and O–H groups in total. The van der Waals surface area contributed by atoms with Crippen LogP contribution in [0.2, 0.25) is 0 Å². The van der Waals surface area contributed by atoms with Gasteiger partial charge in [0.1, 0.15) is 6.54 Å². The number of nitrogens with one attached hydrogen (secondary N) is 1. The lowest BCUT2D eigenvalue weighted by atomic mass is 10.2. The molecular weight excluding hydrogens is 246 g/mol. The lowest BCUT2D eigenvalue weighted by Crippen LogP contribution is -2.47. The first-order valence-electron chi connectivity index (χ1n) is 6.20. The van der Waals surface area contributed by atoms with Gasteiger partial charge in [-0.25, -0.2) is 4.79 Å². The Kier molecular flexibility index (Phi) is 5.78. The van der Waals surface area contributed by atoms with E-state index in [0.29, 0.717) is 6.42 Å². The summed E-state index contributed by atoms with van der Waals surface area (Å²) in [4.78, 5) is 28.1. The van der Waals surface area contributed by atoms with Crippen LogP contribution in [0.5, 0.6) is 0 Å². The van der Waals surface area contributed by atoms with Gasteiger partial charge in [0.15, 0.2) is 0 Å². The van der Waals surface area contributed by atoms with Gasteiger partial charge in [0, 0.05) is 12.2 Å². The molecule has 1 unspecified atom stereocenters. The molecule has 0 aromatic carbocycles. The molecule has 0 aliphatic carbocycles. The van der Waals surface area contributed by atoms with Crippen molar-refractivity contribution in [3.8, 4) is 0 Å². The highest BCUT2D eigenvalue weighted by molar-refractivity contribution is 5.80. The lowest BCUT2D eigenvalue weighted by molar-refractivity contribution is -0.138. The molecule has 1 rings (SSSR count). The number of hydrogen-bond donors (Lipinski definition) is 2. The zero-order valence-corrected chi connectivity index (χ0v) is 11.2. The predicted molar refractivity (Wildman–Crippen MR) is 70.6 cm³/mol. The van der Waals surface area contributed by atoms with Crippen molar-refractivity contribution in [1.29, 1.82) is 0 Å². The number of rotatable bonds is 6. The maximum absolute atomic E-state index is 12.0. The molecule has 0 fully saturated rings. The van der Waals surface area contributed by atoms with Crippen LogP contribution in [0.15, 0.2) is 24.4 Å². The van der Waals surface area contributed by atoms with E-state index in [1.165, 1.54) is 4.90 Å². The van der Waals surface area contributed by atoms with E-state index in [9.17, 15) is 9.59 Å². The Balaban J connectivity index is 2.59. The Labute approximate surface area is 112 Å². The van der Waals surface area contributed by atoms with Gasteiger partial charge in [-0.2, -0.15) is 0 Å². The Morgan fingerprint density at radius 1 is 1.47 bits per heavy atom. The van der Waals surface area contributed by atoms with Gasteiger partial charge in [-0.05, 0) is 25.5 Å². The largest absolute Gasteiger partial charge is 0.480 e. The van der Waals surface area contributed by atoms with Crippen LogP contribution < -0.4 is 5.32 Å². The third-order valence-corrected chi connectivity index (χ3v) is 2.84. The molecule has 0 spiro atoms. The number of carbonyl (C=O) groups is 2. The normalized spacial score (nSPS) is 11.7. The van der Waals surface area contributed by atoms with Gasteiger partial charge in [0.2, 0.25) is 0 Å². The van der Waals surface area contributed by atoms with E-state index in [4.69, 9.17) is 5.11 Å². The molecule has 0 aliphatic heterocycles. The van der Waals surface area contributed by atoms with Crippen LogP contribution in [-0.4, -0.2) is 39.6 Å². The molecular formula is C13H19N3O3. The zero-order chi connectivity index (χ0) is 14.3. The molecule has 0 radical (unpaired) electrons. The number of amides is 2. The summed E-state index contributed by atoms with van der Waals surface area (Å²) in [5, 5.41) is 11.5. The van der Waals surface area contributed by atoms with Crippen molar-refractivity contribution < 1.29 is 14.7 Å². The average Bonchev–Trinajstić information content (AvgIpc) is 2.42. The first-order valence-corrected chi connectivity index (χ1v) is 6.20. The molecule has 0 saturated heterocycles. The summed E-state index contributed by atoms with van der Waals surface area (Å²) < 4.78 is 0. The third-order valence-electron chi connectivity index (χ3n) is 2.84. The number of nitrogens with zero attached hydrogens (tertiary/aromatic N) is 2. The molecule has 1 heterocycles. The lowest BCUT2D eigenvalue weighted by Gasteiger charge is -2.27. The fourth-order valence-corrected chi connectivity index (χ4v) is 1.56. The number of aliphatic carboxylic acids is 1. The van der Waals surface area contributed by atoms with Gasteiger partial charge in [-0.3, -0.25) is 9.78 Å². The third kappa shape index (κ3) is 4.95. The standard InChI is InChI=1S/C13H19N3O3/c1-3-10(2)16(9-12(17)18)13(19)15-8-11-6-4-5-7-14-11/h4-7,10H,3,8-9H2,1-2H3,(H,15,19)(H,17,18). The van der Waals surface area contributed by atoms with E-state index in [2.05, 4.69) is 10.3 Å². The molecule has 1 atom stereocenters. The van der Waals surface area contributed by atoms with Crippen molar-refractivity contribution in [1.82, 2.24) is 15.2 Å². The molecule has 104 valence electrons. The molecule has 6 nitrogen and oxygen atoms in total. The van der Waals surface area contributed by atoms with Crippen LogP contribution in [0.25, 0.3) is 0 Å². The van der Waals surface area contributed by atoms with Crippen molar-refractivity contribution in [2.75, 3.05) is 6.54 Å². The number of carboxylic acid groups (broad SMARTS) is 1. The van der Waals surface area contributed by atoms with E-state index >= 15 is 0 Å². The minimum atomic E-state index is -1.02. The Morgan fingerprint density at radius 2 is 2.21 bits per heavy atom. The quantitative estimate of drug-likeness (QED) is 0.816. The molecule has 6 heteroatoms. The SMILES string of the molecule is CCC(C)N(CC(=O)O)C(=O)NCc1ccccn1. The van der Waals surface area contributed by atoms with E-state index in [1.54, 1.807) is 18.3 Å². The van der Waals surface area contributed by atoms with Crippen molar-refractivity contribution >= 4 is 12.0 Å². The molecule has 1 aromatic heterocycles. The molecule has 0 bridgehead atoms. The van der Waals surface area contributed by atoms with E-state index in [-0.39, 0.29) is 25.2 Å². The second-order valence-corrected chi connectivity index (χ2v) is 4.26. The highest BCUT2D eigenvalue weighted by Crippen LogP contribution is 2.04. The monoisotopic (exact) mass is 265 g/mol. The maximum atomic E-state index is 12.0. The second kappa shape index (κ2) is 7.35. The van der Waals surface area contributed by atoms with Gasteiger partial charge in [-0.1, -0.05) is 13.0 Å². The highest BCUT2D eigenvalue weighted by Gasteiger charge is 2.21. The van der Waals surface area contributed by atoms with Crippen molar-refractivity contribution in [3.05, 3.63) is 30.1 Å². The summed E-state index contributed by atoms with van der Waals surface area (Å²) in [5.74, 6) is -1.02. The van der Waals surface area contributed by atoms with E-state index in [0.717, 1.165) is 5.69 Å². The number of aromatic nitrogens is 1. The van der Waals surface area contributed by atoms with Gasteiger partial charge in [0.25, 0.3) is 0 Å². The van der Waals surface area contributed by atoms with Gasteiger partial charge in [-0.15, -0.1) is 0 Å². The Morgan fingerprint density at radius 3 is 2.74 bits per heavy atom.